The summed E-state index contributed by atoms with van der Waals surface area (Å²) < 4.78 is 1.77. The summed E-state index contributed by atoms with van der Waals surface area (Å²) in [6, 6.07) is 6.89. The van der Waals surface area contributed by atoms with Gasteiger partial charge in [-0.05, 0) is 31.0 Å². The van der Waals surface area contributed by atoms with Crippen molar-refractivity contribution in [3.63, 3.8) is 0 Å². The van der Waals surface area contributed by atoms with Crippen LogP contribution in [0.25, 0.3) is 10.9 Å². The molecule has 1 aliphatic carbocycles. The van der Waals surface area contributed by atoms with E-state index in [1.54, 1.807) is 29.0 Å². The maximum atomic E-state index is 12.1. The van der Waals surface area contributed by atoms with Crippen molar-refractivity contribution in [2.75, 3.05) is 0 Å². The Bertz CT molecular complexity index is 733. The summed E-state index contributed by atoms with van der Waals surface area (Å²) >= 11 is 6.00. The van der Waals surface area contributed by atoms with Crippen molar-refractivity contribution in [3.8, 4) is 0 Å². The molecule has 0 aliphatic heterocycles. The summed E-state index contributed by atoms with van der Waals surface area (Å²) in [6.07, 6.45) is 6.13. The van der Waals surface area contributed by atoms with Crippen LogP contribution < -0.4 is 10.7 Å². The molecule has 21 heavy (non-hydrogen) atoms. The van der Waals surface area contributed by atoms with E-state index >= 15 is 0 Å². The molecule has 1 amide bonds. The molecule has 2 aromatic rings. The lowest BCUT2D eigenvalue weighted by Crippen LogP contribution is -2.35. The van der Waals surface area contributed by atoms with Gasteiger partial charge in [-0.1, -0.05) is 24.4 Å². The first kappa shape index (κ1) is 14.1. The largest absolute Gasteiger partial charge is 0.352 e. The number of nitrogens with zero attached hydrogens (tertiary/aromatic N) is 1. The number of aromatic nitrogens is 1. The monoisotopic (exact) mass is 304 g/mol. The molecule has 5 heteroatoms. The Balaban J connectivity index is 1.86. The molecular formula is C16H17ClN2O2. The second kappa shape index (κ2) is 5.90. The highest BCUT2D eigenvalue weighted by Gasteiger charge is 2.17. The summed E-state index contributed by atoms with van der Waals surface area (Å²) in [5.41, 5.74) is 0.630. The van der Waals surface area contributed by atoms with Gasteiger partial charge >= 0.3 is 0 Å². The van der Waals surface area contributed by atoms with E-state index in [9.17, 15) is 9.59 Å². The maximum Gasteiger partial charge on any atom is 0.240 e. The van der Waals surface area contributed by atoms with Gasteiger partial charge in [0.2, 0.25) is 5.91 Å². The van der Waals surface area contributed by atoms with Gasteiger partial charge in [-0.25, -0.2) is 0 Å². The Kier molecular flexibility index (Phi) is 3.97. The minimum absolute atomic E-state index is 0.0215. The van der Waals surface area contributed by atoms with Gasteiger partial charge in [0.25, 0.3) is 0 Å². The number of benzene rings is 1. The van der Waals surface area contributed by atoms with E-state index < -0.39 is 0 Å². The Morgan fingerprint density at radius 2 is 2.05 bits per heavy atom. The predicted molar refractivity (Wildman–Crippen MR) is 83.6 cm³/mol. The second-order valence-corrected chi connectivity index (χ2v) is 5.95. The highest BCUT2D eigenvalue weighted by Crippen LogP contribution is 2.18. The van der Waals surface area contributed by atoms with Gasteiger partial charge < -0.3 is 9.88 Å². The molecule has 0 bridgehead atoms. The molecule has 1 aromatic carbocycles. The van der Waals surface area contributed by atoms with Crippen LogP contribution >= 0.6 is 11.6 Å². The van der Waals surface area contributed by atoms with Gasteiger partial charge in [-0.15, -0.1) is 0 Å². The fraction of sp³-hybridized carbons (Fsp3) is 0.375. The topological polar surface area (TPSA) is 51.1 Å². The average Bonchev–Trinajstić information content (AvgIpc) is 2.95. The molecule has 1 aliphatic rings. The zero-order chi connectivity index (χ0) is 14.8. The van der Waals surface area contributed by atoms with E-state index in [1.807, 2.05) is 0 Å². The van der Waals surface area contributed by atoms with Gasteiger partial charge in [-0.3, -0.25) is 9.59 Å². The van der Waals surface area contributed by atoms with E-state index in [0.29, 0.717) is 22.0 Å². The molecular weight excluding hydrogens is 288 g/mol. The van der Waals surface area contributed by atoms with Crippen molar-refractivity contribution in [1.82, 2.24) is 9.88 Å². The molecule has 1 fully saturated rings. The zero-order valence-electron chi connectivity index (χ0n) is 11.6. The predicted octanol–water partition coefficient (Wildman–Crippen LogP) is 2.71. The summed E-state index contributed by atoms with van der Waals surface area (Å²) in [5.74, 6) is -0.0215. The van der Waals surface area contributed by atoms with E-state index in [2.05, 4.69) is 5.32 Å². The molecule has 0 saturated heterocycles. The van der Waals surface area contributed by atoms with E-state index in [1.165, 1.54) is 18.9 Å². The number of amides is 1. The quantitative estimate of drug-likeness (QED) is 0.948. The van der Waals surface area contributed by atoms with Crippen molar-refractivity contribution >= 4 is 28.4 Å². The lowest BCUT2D eigenvalue weighted by molar-refractivity contribution is -0.122. The fourth-order valence-electron chi connectivity index (χ4n) is 2.91. The fourth-order valence-corrected chi connectivity index (χ4v) is 3.08. The van der Waals surface area contributed by atoms with Crippen LogP contribution in [0.4, 0.5) is 0 Å². The van der Waals surface area contributed by atoms with E-state index in [-0.39, 0.29) is 17.9 Å². The van der Waals surface area contributed by atoms with Crippen molar-refractivity contribution in [3.05, 3.63) is 45.7 Å². The molecule has 1 heterocycles. The molecule has 0 atom stereocenters. The van der Waals surface area contributed by atoms with Crippen molar-refractivity contribution in [1.29, 1.82) is 0 Å². The minimum Gasteiger partial charge on any atom is -0.352 e. The molecule has 1 aromatic heterocycles. The average molecular weight is 305 g/mol. The molecule has 110 valence electrons. The summed E-state index contributed by atoms with van der Waals surface area (Å²) in [7, 11) is 0. The number of carbonyl (C=O) groups excluding carboxylic acids is 1. The molecule has 4 nitrogen and oxygen atoms in total. The number of hydrogen-bond acceptors (Lipinski definition) is 2. The highest BCUT2D eigenvalue weighted by atomic mass is 35.5. The molecule has 1 saturated carbocycles. The van der Waals surface area contributed by atoms with Crippen LogP contribution in [0.3, 0.4) is 0 Å². The summed E-state index contributed by atoms with van der Waals surface area (Å²) in [4.78, 5) is 24.0. The zero-order valence-corrected chi connectivity index (χ0v) is 12.4. The number of carbonyl (C=O) groups is 1. The van der Waals surface area contributed by atoms with Gasteiger partial charge in [0, 0.05) is 28.7 Å². The number of pyridine rings is 1. The Morgan fingerprint density at radius 1 is 1.29 bits per heavy atom. The summed E-state index contributed by atoms with van der Waals surface area (Å²) in [5, 5.41) is 4.18. The van der Waals surface area contributed by atoms with Crippen molar-refractivity contribution < 1.29 is 4.79 Å². The minimum atomic E-state index is -0.0610. The van der Waals surface area contributed by atoms with Crippen LogP contribution in [-0.4, -0.2) is 16.5 Å². The van der Waals surface area contributed by atoms with Crippen molar-refractivity contribution in [2.45, 2.75) is 38.3 Å². The van der Waals surface area contributed by atoms with Gasteiger partial charge in [0.15, 0.2) is 5.43 Å². The van der Waals surface area contributed by atoms with Crippen LogP contribution in [0.15, 0.2) is 35.3 Å². The first-order chi connectivity index (χ1) is 10.1. The molecule has 0 radical (unpaired) electrons. The van der Waals surface area contributed by atoms with Crippen LogP contribution in [0.5, 0.6) is 0 Å². The number of rotatable bonds is 3. The maximum absolute atomic E-state index is 12.1. The van der Waals surface area contributed by atoms with Crippen LogP contribution in [0.1, 0.15) is 25.7 Å². The standard InChI is InChI=1S/C16H17ClN2O2/c17-11-5-6-13-14(9-11)19(8-7-15(13)20)10-16(21)18-12-3-1-2-4-12/h5-9,12H,1-4,10H2,(H,18,21). The number of hydrogen-bond donors (Lipinski definition) is 1. The van der Waals surface area contributed by atoms with Crippen LogP contribution in [0, 0.1) is 0 Å². The first-order valence-electron chi connectivity index (χ1n) is 7.21. The smallest absolute Gasteiger partial charge is 0.240 e. The Morgan fingerprint density at radius 3 is 2.81 bits per heavy atom. The normalized spacial score (nSPS) is 15.5. The Hall–Kier alpha value is -1.81. The van der Waals surface area contributed by atoms with Gasteiger partial charge in [0.1, 0.15) is 6.54 Å². The SMILES string of the molecule is O=C(Cn1ccc(=O)c2ccc(Cl)cc21)NC1CCCC1. The first-order valence-corrected chi connectivity index (χ1v) is 7.59. The highest BCUT2D eigenvalue weighted by molar-refractivity contribution is 6.31. The van der Waals surface area contributed by atoms with Crippen LogP contribution in [0.2, 0.25) is 5.02 Å². The lowest BCUT2D eigenvalue weighted by Gasteiger charge is -2.14. The molecule has 0 spiro atoms. The number of fused-ring (bicyclic) bond motifs is 1. The molecule has 1 N–H and O–H groups in total. The van der Waals surface area contributed by atoms with E-state index in [0.717, 1.165) is 12.8 Å². The van der Waals surface area contributed by atoms with Gasteiger partial charge in [0.05, 0.1) is 5.52 Å². The van der Waals surface area contributed by atoms with Crippen molar-refractivity contribution in [2.24, 2.45) is 0 Å². The summed E-state index contributed by atoms with van der Waals surface area (Å²) in [6.45, 7) is 0.202. The Labute approximate surface area is 127 Å². The van der Waals surface area contributed by atoms with Gasteiger partial charge in [-0.2, -0.15) is 0 Å². The number of halogens is 1. The lowest BCUT2D eigenvalue weighted by atomic mass is 10.2. The van der Waals surface area contributed by atoms with E-state index in [4.69, 9.17) is 11.6 Å². The third-order valence-corrected chi connectivity index (χ3v) is 4.21. The molecule has 3 rings (SSSR count). The third-order valence-electron chi connectivity index (χ3n) is 3.97. The molecule has 0 unspecified atom stereocenters. The van der Waals surface area contributed by atoms with Crippen LogP contribution in [-0.2, 0) is 11.3 Å². The second-order valence-electron chi connectivity index (χ2n) is 5.52. The number of nitrogens with one attached hydrogen (secondary N) is 1. The third kappa shape index (κ3) is 3.10.